The van der Waals surface area contributed by atoms with Gasteiger partial charge in [-0.05, 0) is 20.8 Å². The molecule has 0 aliphatic carbocycles. The number of hydrogen-bond donors (Lipinski definition) is 0. The Morgan fingerprint density at radius 2 is 2.10 bits per heavy atom. The fourth-order valence-electron chi connectivity index (χ4n) is 1.43. The summed E-state index contributed by atoms with van der Waals surface area (Å²) in [6.45, 7) is 5.28. The molecule has 110 valence electrons. The molecular weight excluding hydrogens is 285 g/mol. The maximum absolute atomic E-state index is 13.7. The topological polar surface area (TPSA) is 69.4 Å². The minimum atomic E-state index is -0.853. The fourth-order valence-corrected chi connectivity index (χ4v) is 2.20. The molecule has 20 heavy (non-hydrogen) atoms. The number of carbonyl (C=O) groups is 1. The van der Waals surface area contributed by atoms with E-state index in [1.807, 2.05) is 0 Å². The van der Waals surface area contributed by atoms with E-state index in [0.29, 0.717) is 0 Å². The summed E-state index contributed by atoms with van der Waals surface area (Å²) < 4.78 is 18.9. The number of nitro groups is 1. The molecule has 0 N–H and O–H groups in total. The second-order valence-electron chi connectivity index (χ2n) is 5.09. The lowest BCUT2D eigenvalue weighted by molar-refractivity contribution is -0.387. The summed E-state index contributed by atoms with van der Waals surface area (Å²) in [7, 11) is 0. The summed E-state index contributed by atoms with van der Waals surface area (Å²) >= 11 is 1.15. The van der Waals surface area contributed by atoms with Crippen LogP contribution in [0.5, 0.6) is 0 Å². The lowest BCUT2D eigenvalue weighted by Crippen LogP contribution is -2.24. The van der Waals surface area contributed by atoms with E-state index in [4.69, 9.17) is 4.74 Å². The first kappa shape index (κ1) is 16.4. The first-order valence-corrected chi connectivity index (χ1v) is 7.07. The van der Waals surface area contributed by atoms with Gasteiger partial charge in [0.1, 0.15) is 5.60 Å². The molecule has 0 atom stereocenters. The molecule has 0 radical (unpaired) electrons. The Bertz CT molecular complexity index is 514. The molecule has 0 fully saturated rings. The van der Waals surface area contributed by atoms with Gasteiger partial charge in [0, 0.05) is 17.4 Å². The van der Waals surface area contributed by atoms with E-state index < -0.39 is 28.0 Å². The monoisotopic (exact) mass is 301 g/mol. The van der Waals surface area contributed by atoms with Crippen LogP contribution in [-0.4, -0.2) is 22.2 Å². The predicted octanol–water partition coefficient (Wildman–Crippen LogP) is 3.31. The average Bonchev–Trinajstić information content (AvgIpc) is 2.28. The normalized spacial score (nSPS) is 11.2. The summed E-state index contributed by atoms with van der Waals surface area (Å²) in [4.78, 5) is 21.3. The number of halogens is 1. The number of nitrogens with zero attached hydrogens (tertiary/aromatic N) is 1. The Labute approximate surface area is 120 Å². The quantitative estimate of drug-likeness (QED) is 0.474. The van der Waals surface area contributed by atoms with E-state index in [0.717, 1.165) is 17.8 Å². The zero-order valence-electron chi connectivity index (χ0n) is 11.5. The lowest BCUT2D eigenvalue weighted by atomic mass is 10.2. The summed E-state index contributed by atoms with van der Waals surface area (Å²) in [5.74, 6) is -1.01. The molecule has 1 aromatic carbocycles. The second kappa shape index (κ2) is 6.69. The summed E-state index contributed by atoms with van der Waals surface area (Å²) in [5.41, 5.74) is -0.915. The highest BCUT2D eigenvalue weighted by Gasteiger charge is 2.19. The van der Waals surface area contributed by atoms with Gasteiger partial charge in [-0.2, -0.15) is 4.39 Å². The SMILES string of the molecule is CC(C)(C)OC(=O)CSCc1cccc([N+](=O)[O-])c1F. The largest absolute Gasteiger partial charge is 0.459 e. The summed E-state index contributed by atoms with van der Waals surface area (Å²) in [5, 5.41) is 10.6. The maximum atomic E-state index is 13.7. The van der Waals surface area contributed by atoms with E-state index in [1.54, 1.807) is 20.8 Å². The van der Waals surface area contributed by atoms with Crippen molar-refractivity contribution in [3.8, 4) is 0 Å². The van der Waals surface area contributed by atoms with Crippen molar-refractivity contribution in [3.05, 3.63) is 39.7 Å². The van der Waals surface area contributed by atoms with E-state index in [-0.39, 0.29) is 17.1 Å². The third-order valence-corrected chi connectivity index (χ3v) is 3.11. The Morgan fingerprint density at radius 1 is 1.45 bits per heavy atom. The third kappa shape index (κ3) is 5.16. The number of carbonyl (C=O) groups excluding carboxylic acids is 1. The van der Waals surface area contributed by atoms with Gasteiger partial charge in [0.2, 0.25) is 5.82 Å². The van der Waals surface area contributed by atoms with Crippen LogP contribution in [0.15, 0.2) is 18.2 Å². The van der Waals surface area contributed by atoms with Gasteiger partial charge >= 0.3 is 11.7 Å². The van der Waals surface area contributed by atoms with Crippen molar-refractivity contribution in [2.24, 2.45) is 0 Å². The van der Waals surface area contributed by atoms with Gasteiger partial charge < -0.3 is 4.74 Å². The van der Waals surface area contributed by atoms with Crippen LogP contribution in [0, 0.1) is 15.9 Å². The lowest BCUT2D eigenvalue weighted by Gasteiger charge is -2.19. The van der Waals surface area contributed by atoms with Crippen LogP contribution in [0.4, 0.5) is 10.1 Å². The molecule has 0 aromatic heterocycles. The Kier molecular flexibility index (Phi) is 5.50. The van der Waals surface area contributed by atoms with Crippen molar-refractivity contribution in [2.75, 3.05) is 5.75 Å². The first-order valence-electron chi connectivity index (χ1n) is 5.92. The van der Waals surface area contributed by atoms with E-state index >= 15 is 0 Å². The number of benzene rings is 1. The Hall–Kier alpha value is -1.63. The molecule has 5 nitrogen and oxygen atoms in total. The van der Waals surface area contributed by atoms with Gasteiger partial charge in [-0.15, -0.1) is 11.8 Å². The standard InChI is InChI=1S/C13H16FNO4S/c1-13(2,3)19-11(16)8-20-7-9-5-4-6-10(12(9)14)15(17)18/h4-6H,7-8H2,1-3H3. The summed E-state index contributed by atoms with van der Waals surface area (Å²) in [6, 6.07) is 3.99. The predicted molar refractivity (Wildman–Crippen MR) is 75.1 cm³/mol. The molecule has 0 bridgehead atoms. The molecule has 0 spiro atoms. The van der Waals surface area contributed by atoms with Gasteiger partial charge in [0.15, 0.2) is 0 Å². The van der Waals surface area contributed by atoms with Crippen LogP contribution in [0.1, 0.15) is 26.3 Å². The fraction of sp³-hybridized carbons (Fsp3) is 0.462. The highest BCUT2D eigenvalue weighted by atomic mass is 32.2. The molecule has 0 unspecified atom stereocenters. The first-order chi connectivity index (χ1) is 9.20. The molecule has 0 heterocycles. The highest BCUT2D eigenvalue weighted by Crippen LogP contribution is 2.23. The number of esters is 1. The van der Waals surface area contributed by atoms with Crippen molar-refractivity contribution in [3.63, 3.8) is 0 Å². The zero-order chi connectivity index (χ0) is 15.3. The molecule has 0 aliphatic heterocycles. The van der Waals surface area contributed by atoms with Crippen molar-refractivity contribution < 1.29 is 18.8 Å². The van der Waals surface area contributed by atoms with E-state index in [2.05, 4.69) is 0 Å². The van der Waals surface area contributed by atoms with Gasteiger partial charge in [0.25, 0.3) is 0 Å². The molecule has 1 rings (SSSR count). The Morgan fingerprint density at radius 3 is 2.65 bits per heavy atom. The molecule has 1 aromatic rings. The molecule has 0 amide bonds. The number of ether oxygens (including phenoxy) is 1. The molecule has 0 saturated carbocycles. The highest BCUT2D eigenvalue weighted by molar-refractivity contribution is 7.99. The van der Waals surface area contributed by atoms with Crippen LogP contribution in [0.3, 0.4) is 0 Å². The van der Waals surface area contributed by atoms with Crippen LogP contribution < -0.4 is 0 Å². The minimum Gasteiger partial charge on any atom is -0.459 e. The Balaban J connectivity index is 2.57. The van der Waals surface area contributed by atoms with Crippen LogP contribution in [0.25, 0.3) is 0 Å². The average molecular weight is 301 g/mol. The van der Waals surface area contributed by atoms with Crippen molar-refractivity contribution in [2.45, 2.75) is 32.1 Å². The van der Waals surface area contributed by atoms with Gasteiger partial charge in [-0.3, -0.25) is 14.9 Å². The maximum Gasteiger partial charge on any atom is 0.316 e. The van der Waals surface area contributed by atoms with Gasteiger partial charge in [-0.25, -0.2) is 0 Å². The number of hydrogen-bond acceptors (Lipinski definition) is 5. The number of nitro benzene ring substituents is 1. The molecular formula is C13H16FNO4S. The smallest absolute Gasteiger partial charge is 0.316 e. The molecule has 0 saturated heterocycles. The van der Waals surface area contributed by atoms with Gasteiger partial charge in [-0.1, -0.05) is 12.1 Å². The van der Waals surface area contributed by atoms with Crippen LogP contribution >= 0.6 is 11.8 Å². The third-order valence-electron chi connectivity index (χ3n) is 2.15. The van der Waals surface area contributed by atoms with E-state index in [9.17, 15) is 19.3 Å². The second-order valence-corrected chi connectivity index (χ2v) is 6.07. The number of rotatable bonds is 5. The molecule has 7 heteroatoms. The summed E-state index contributed by atoms with van der Waals surface area (Å²) in [6.07, 6.45) is 0. The van der Waals surface area contributed by atoms with Crippen LogP contribution in [-0.2, 0) is 15.3 Å². The van der Waals surface area contributed by atoms with E-state index in [1.165, 1.54) is 12.1 Å². The molecule has 0 aliphatic rings. The van der Waals surface area contributed by atoms with Crippen LogP contribution in [0.2, 0.25) is 0 Å². The van der Waals surface area contributed by atoms with Gasteiger partial charge in [0.05, 0.1) is 10.7 Å². The minimum absolute atomic E-state index is 0.0689. The number of thioether (sulfide) groups is 1. The van der Waals surface area contributed by atoms with Crippen molar-refractivity contribution in [1.82, 2.24) is 0 Å². The van der Waals surface area contributed by atoms with Crippen molar-refractivity contribution >= 4 is 23.4 Å². The van der Waals surface area contributed by atoms with Crippen molar-refractivity contribution in [1.29, 1.82) is 0 Å². The zero-order valence-corrected chi connectivity index (χ0v) is 12.3.